The molecular formula is C13H11ClN2O2S2. The molecule has 4 nitrogen and oxygen atoms in total. The first-order chi connectivity index (χ1) is 9.38. The molecule has 0 unspecified atom stereocenters. The lowest BCUT2D eigenvalue weighted by Crippen LogP contribution is -2.15. The Morgan fingerprint density at radius 1 is 1.15 bits per heavy atom. The van der Waals surface area contributed by atoms with Gasteiger partial charge in [0, 0.05) is 16.3 Å². The lowest BCUT2D eigenvalue weighted by Gasteiger charge is -2.09. The van der Waals surface area contributed by atoms with Gasteiger partial charge in [-0.3, -0.25) is 4.72 Å². The molecule has 0 saturated carbocycles. The van der Waals surface area contributed by atoms with Gasteiger partial charge in [0.15, 0.2) is 0 Å². The molecule has 0 aromatic heterocycles. The Balaban J connectivity index is 2.33. The van der Waals surface area contributed by atoms with E-state index >= 15 is 0 Å². The highest BCUT2D eigenvalue weighted by Gasteiger charge is 2.15. The minimum absolute atomic E-state index is 0.0951. The number of sulfonamides is 1. The summed E-state index contributed by atoms with van der Waals surface area (Å²) in [7, 11) is -3.69. The van der Waals surface area contributed by atoms with Gasteiger partial charge in [-0.05, 0) is 36.4 Å². The summed E-state index contributed by atoms with van der Waals surface area (Å²) in [5, 5.41) is 0.531. The van der Waals surface area contributed by atoms with Crippen LogP contribution in [0.3, 0.4) is 0 Å². The lowest BCUT2D eigenvalue weighted by atomic mass is 10.2. The smallest absolute Gasteiger partial charge is 0.261 e. The van der Waals surface area contributed by atoms with Crippen LogP contribution in [0.25, 0.3) is 0 Å². The first-order valence-corrected chi connectivity index (χ1v) is 7.84. The highest BCUT2D eigenvalue weighted by atomic mass is 35.5. The van der Waals surface area contributed by atoms with E-state index in [9.17, 15) is 8.42 Å². The molecule has 0 aliphatic heterocycles. The SMILES string of the molecule is NC(=S)c1cccc(S(=O)(=O)Nc2ccc(Cl)cc2)c1. The van der Waals surface area contributed by atoms with Crippen LogP contribution in [0.5, 0.6) is 0 Å². The van der Waals surface area contributed by atoms with Gasteiger partial charge in [0.25, 0.3) is 10.0 Å². The van der Waals surface area contributed by atoms with E-state index in [1.165, 1.54) is 12.1 Å². The van der Waals surface area contributed by atoms with Gasteiger partial charge in [-0.1, -0.05) is 36.0 Å². The fourth-order valence-electron chi connectivity index (χ4n) is 1.55. The second kappa shape index (κ2) is 5.78. The Hall–Kier alpha value is -1.63. The molecule has 0 aliphatic carbocycles. The van der Waals surface area contributed by atoms with Gasteiger partial charge in [0.2, 0.25) is 0 Å². The highest BCUT2D eigenvalue weighted by Crippen LogP contribution is 2.19. The van der Waals surface area contributed by atoms with Crippen LogP contribution in [-0.2, 0) is 10.0 Å². The van der Waals surface area contributed by atoms with E-state index in [4.69, 9.17) is 29.6 Å². The molecule has 0 aliphatic rings. The molecular weight excluding hydrogens is 316 g/mol. The maximum atomic E-state index is 12.2. The second-order valence-corrected chi connectivity index (χ2v) is 6.56. The van der Waals surface area contributed by atoms with Gasteiger partial charge in [-0.25, -0.2) is 8.42 Å². The molecule has 3 N–H and O–H groups in total. The van der Waals surface area contributed by atoms with Crippen molar-refractivity contribution in [1.29, 1.82) is 0 Å². The van der Waals surface area contributed by atoms with Crippen LogP contribution < -0.4 is 10.5 Å². The van der Waals surface area contributed by atoms with Gasteiger partial charge >= 0.3 is 0 Å². The van der Waals surface area contributed by atoms with Gasteiger partial charge in [-0.15, -0.1) is 0 Å². The predicted molar refractivity (Wildman–Crippen MR) is 84.6 cm³/mol. The average Bonchev–Trinajstić information content (AvgIpc) is 2.41. The summed E-state index contributed by atoms with van der Waals surface area (Å²) < 4.78 is 26.9. The number of halogens is 1. The summed E-state index contributed by atoms with van der Waals surface area (Å²) in [4.78, 5) is 0.242. The van der Waals surface area contributed by atoms with Gasteiger partial charge in [0.1, 0.15) is 4.99 Å². The topological polar surface area (TPSA) is 72.2 Å². The van der Waals surface area contributed by atoms with Crippen molar-refractivity contribution in [3.8, 4) is 0 Å². The predicted octanol–water partition coefficient (Wildman–Crippen LogP) is 2.78. The van der Waals surface area contributed by atoms with Crippen LogP contribution in [0.15, 0.2) is 53.4 Å². The summed E-state index contributed by atoms with van der Waals surface area (Å²) in [6.45, 7) is 0. The highest BCUT2D eigenvalue weighted by molar-refractivity contribution is 7.92. The zero-order valence-corrected chi connectivity index (χ0v) is 12.6. The first-order valence-electron chi connectivity index (χ1n) is 5.57. The molecule has 2 rings (SSSR count). The van der Waals surface area contributed by atoms with Gasteiger partial charge < -0.3 is 5.73 Å². The van der Waals surface area contributed by atoms with Crippen molar-refractivity contribution in [2.75, 3.05) is 4.72 Å². The van der Waals surface area contributed by atoms with Crippen molar-refractivity contribution in [2.45, 2.75) is 4.90 Å². The van der Waals surface area contributed by atoms with Crippen LogP contribution in [0, 0.1) is 0 Å². The number of nitrogens with two attached hydrogens (primary N) is 1. The van der Waals surface area contributed by atoms with E-state index in [0.29, 0.717) is 16.3 Å². The summed E-state index contributed by atoms with van der Waals surface area (Å²) in [5.74, 6) is 0. The molecule has 0 fully saturated rings. The van der Waals surface area contributed by atoms with Gasteiger partial charge in [0.05, 0.1) is 4.90 Å². The average molecular weight is 327 g/mol. The molecule has 0 spiro atoms. The maximum Gasteiger partial charge on any atom is 0.261 e. The fraction of sp³-hybridized carbons (Fsp3) is 0. The molecule has 0 amide bonds. The van der Waals surface area contributed by atoms with E-state index in [1.807, 2.05) is 0 Å². The van der Waals surface area contributed by atoms with Crippen molar-refractivity contribution in [2.24, 2.45) is 5.73 Å². The third-order valence-corrected chi connectivity index (χ3v) is 4.39. The van der Waals surface area contributed by atoms with E-state index in [-0.39, 0.29) is 9.88 Å². The van der Waals surface area contributed by atoms with Crippen LogP contribution in [0.2, 0.25) is 5.02 Å². The first kappa shape index (κ1) is 14.8. The van der Waals surface area contributed by atoms with Crippen molar-refractivity contribution in [3.63, 3.8) is 0 Å². The number of hydrogen-bond donors (Lipinski definition) is 2. The van der Waals surface area contributed by atoms with Crippen molar-refractivity contribution in [1.82, 2.24) is 0 Å². The molecule has 0 bridgehead atoms. The number of anilines is 1. The number of hydrogen-bond acceptors (Lipinski definition) is 3. The molecule has 2 aromatic rings. The molecule has 104 valence electrons. The molecule has 20 heavy (non-hydrogen) atoms. The third kappa shape index (κ3) is 3.47. The van der Waals surface area contributed by atoms with Crippen LogP contribution in [-0.4, -0.2) is 13.4 Å². The summed E-state index contributed by atoms with van der Waals surface area (Å²) in [6, 6.07) is 12.5. The quantitative estimate of drug-likeness (QED) is 0.847. The van der Waals surface area contributed by atoms with E-state index < -0.39 is 10.0 Å². The summed E-state index contributed by atoms with van der Waals surface area (Å²) >= 11 is 10.6. The Labute approximate surface area is 127 Å². The summed E-state index contributed by atoms with van der Waals surface area (Å²) in [6.07, 6.45) is 0. The minimum Gasteiger partial charge on any atom is -0.389 e. The molecule has 0 heterocycles. The van der Waals surface area contributed by atoms with Crippen molar-refractivity contribution >= 4 is 44.5 Å². The number of thiocarbonyl (C=S) groups is 1. The largest absolute Gasteiger partial charge is 0.389 e. The Morgan fingerprint density at radius 2 is 1.80 bits per heavy atom. The minimum atomic E-state index is -3.69. The monoisotopic (exact) mass is 326 g/mol. The standard InChI is InChI=1S/C13H11ClN2O2S2/c14-10-4-6-11(7-5-10)16-20(17,18)12-3-1-2-9(8-12)13(15)19/h1-8,16H,(H2,15,19). The van der Waals surface area contributed by atoms with Crippen LogP contribution in [0.4, 0.5) is 5.69 Å². The van der Waals surface area contributed by atoms with Gasteiger partial charge in [-0.2, -0.15) is 0 Å². The second-order valence-electron chi connectivity index (χ2n) is 4.00. The lowest BCUT2D eigenvalue weighted by molar-refractivity contribution is 0.601. The molecule has 2 aromatic carbocycles. The fourth-order valence-corrected chi connectivity index (χ4v) is 2.91. The molecule has 7 heteroatoms. The molecule has 0 saturated heterocycles. The summed E-state index contributed by atoms with van der Waals surface area (Å²) in [5.41, 5.74) is 6.42. The van der Waals surface area contributed by atoms with Crippen LogP contribution >= 0.6 is 23.8 Å². The van der Waals surface area contributed by atoms with E-state index in [2.05, 4.69) is 4.72 Å². The van der Waals surface area contributed by atoms with E-state index in [0.717, 1.165) is 0 Å². The Kier molecular flexibility index (Phi) is 4.27. The number of rotatable bonds is 4. The number of nitrogens with one attached hydrogen (secondary N) is 1. The Morgan fingerprint density at radius 3 is 2.40 bits per heavy atom. The zero-order valence-electron chi connectivity index (χ0n) is 10.2. The molecule has 0 radical (unpaired) electrons. The van der Waals surface area contributed by atoms with Crippen LogP contribution in [0.1, 0.15) is 5.56 Å². The normalized spacial score (nSPS) is 11.1. The Bertz CT molecular complexity index is 743. The molecule has 0 atom stereocenters. The zero-order chi connectivity index (χ0) is 14.8. The van der Waals surface area contributed by atoms with E-state index in [1.54, 1.807) is 36.4 Å². The maximum absolute atomic E-state index is 12.2. The van der Waals surface area contributed by atoms with Crippen molar-refractivity contribution in [3.05, 3.63) is 59.1 Å². The van der Waals surface area contributed by atoms with Crippen molar-refractivity contribution < 1.29 is 8.42 Å². The third-order valence-electron chi connectivity index (χ3n) is 2.53. The number of benzene rings is 2.